The molecule has 3 nitrogen and oxygen atoms in total. The van der Waals surface area contributed by atoms with Crippen molar-refractivity contribution in [3.63, 3.8) is 0 Å². The molecule has 0 aromatic heterocycles. The van der Waals surface area contributed by atoms with E-state index in [9.17, 15) is 14.0 Å². The third kappa shape index (κ3) is 1.93. The van der Waals surface area contributed by atoms with E-state index >= 15 is 0 Å². The number of ketones is 1. The number of Topliss-reactive ketones (excluding diaryl/α,β-unsaturated/α-hetero) is 1. The molecule has 5 heteroatoms. The third-order valence-corrected chi connectivity index (χ3v) is 3.07. The SMILES string of the molecule is CC(Cl)C(=O)c1cc(F)cc2c1NC(=O)C2C. The number of anilines is 1. The lowest BCUT2D eigenvalue weighted by molar-refractivity contribution is -0.116. The highest BCUT2D eigenvalue weighted by Gasteiger charge is 2.31. The molecular formula is C12H11ClFNO2. The van der Waals surface area contributed by atoms with Crippen molar-refractivity contribution in [3.8, 4) is 0 Å². The summed E-state index contributed by atoms with van der Waals surface area (Å²) in [4.78, 5) is 23.3. The Morgan fingerprint density at radius 2 is 2.18 bits per heavy atom. The van der Waals surface area contributed by atoms with E-state index in [1.54, 1.807) is 6.92 Å². The Balaban J connectivity index is 2.60. The Labute approximate surface area is 103 Å². The number of nitrogens with one attached hydrogen (secondary N) is 1. The summed E-state index contributed by atoms with van der Waals surface area (Å²) in [5, 5.41) is 1.84. The quantitative estimate of drug-likeness (QED) is 0.652. The Morgan fingerprint density at radius 3 is 2.76 bits per heavy atom. The highest BCUT2D eigenvalue weighted by atomic mass is 35.5. The lowest BCUT2D eigenvalue weighted by atomic mass is 9.97. The molecule has 2 unspecified atom stereocenters. The minimum Gasteiger partial charge on any atom is -0.325 e. The Bertz CT molecular complexity index is 513. The summed E-state index contributed by atoms with van der Waals surface area (Å²) in [7, 11) is 0. The fourth-order valence-electron chi connectivity index (χ4n) is 1.89. The van der Waals surface area contributed by atoms with Gasteiger partial charge in [-0.05, 0) is 31.5 Å². The standard InChI is InChI=1S/C12H11ClFNO2/c1-5-8-3-7(14)4-9(11(16)6(2)13)10(8)15-12(5)17/h3-6H,1-2H3,(H,15,17). The number of carbonyl (C=O) groups excluding carboxylic acids is 2. The van der Waals surface area contributed by atoms with Gasteiger partial charge in [-0.2, -0.15) is 0 Å². The first-order valence-electron chi connectivity index (χ1n) is 5.24. The van der Waals surface area contributed by atoms with Crippen LogP contribution >= 0.6 is 11.6 Å². The predicted octanol–water partition coefficient (Wildman–Crippen LogP) is 2.69. The number of hydrogen-bond acceptors (Lipinski definition) is 2. The maximum absolute atomic E-state index is 13.4. The Hall–Kier alpha value is -1.42. The lowest BCUT2D eigenvalue weighted by Gasteiger charge is -2.09. The van der Waals surface area contributed by atoms with Crippen LogP contribution < -0.4 is 5.32 Å². The van der Waals surface area contributed by atoms with Crippen molar-refractivity contribution < 1.29 is 14.0 Å². The molecular weight excluding hydrogens is 245 g/mol. The van der Waals surface area contributed by atoms with Gasteiger partial charge in [0.2, 0.25) is 5.91 Å². The second-order valence-electron chi connectivity index (χ2n) is 4.11. The van der Waals surface area contributed by atoms with Crippen LogP contribution in [0.2, 0.25) is 0 Å². The van der Waals surface area contributed by atoms with Crippen molar-refractivity contribution in [1.82, 2.24) is 0 Å². The molecule has 1 amide bonds. The summed E-state index contributed by atoms with van der Waals surface area (Å²) in [6.45, 7) is 3.18. The second-order valence-corrected chi connectivity index (χ2v) is 4.76. The molecule has 1 aliphatic rings. The van der Waals surface area contributed by atoms with Gasteiger partial charge in [0.15, 0.2) is 5.78 Å². The van der Waals surface area contributed by atoms with Crippen LogP contribution in [0.1, 0.15) is 35.7 Å². The first-order chi connectivity index (χ1) is 7.91. The van der Waals surface area contributed by atoms with Crippen LogP contribution in [-0.2, 0) is 4.79 Å². The molecule has 1 heterocycles. The molecule has 0 aliphatic carbocycles. The van der Waals surface area contributed by atoms with Crippen molar-refractivity contribution >= 4 is 29.0 Å². The number of amides is 1. The molecule has 0 spiro atoms. The van der Waals surface area contributed by atoms with Crippen LogP contribution in [-0.4, -0.2) is 17.1 Å². The van der Waals surface area contributed by atoms with Gasteiger partial charge < -0.3 is 5.32 Å². The lowest BCUT2D eigenvalue weighted by Crippen LogP contribution is -2.14. The number of rotatable bonds is 2. The molecule has 0 saturated carbocycles. The smallest absolute Gasteiger partial charge is 0.231 e. The minimum atomic E-state index is -0.756. The molecule has 0 fully saturated rings. The van der Waals surface area contributed by atoms with E-state index in [-0.39, 0.29) is 11.5 Å². The molecule has 1 aliphatic heterocycles. The van der Waals surface area contributed by atoms with Gasteiger partial charge in [0.05, 0.1) is 17.0 Å². The van der Waals surface area contributed by atoms with Crippen LogP contribution in [0.5, 0.6) is 0 Å². The highest BCUT2D eigenvalue weighted by molar-refractivity contribution is 6.34. The van der Waals surface area contributed by atoms with E-state index in [1.807, 2.05) is 0 Å². The van der Waals surface area contributed by atoms with Gasteiger partial charge in [0.1, 0.15) is 5.82 Å². The summed E-state index contributed by atoms with van der Waals surface area (Å²) >= 11 is 5.70. The van der Waals surface area contributed by atoms with E-state index in [2.05, 4.69) is 5.32 Å². The fourth-order valence-corrected chi connectivity index (χ4v) is 2.01. The van der Waals surface area contributed by atoms with Crippen LogP contribution in [0.4, 0.5) is 10.1 Å². The summed E-state index contributed by atoms with van der Waals surface area (Å²) in [6.07, 6.45) is 0. The van der Waals surface area contributed by atoms with E-state index in [1.165, 1.54) is 13.0 Å². The average Bonchev–Trinajstić information content (AvgIpc) is 2.54. The van der Waals surface area contributed by atoms with Crippen LogP contribution in [0.3, 0.4) is 0 Å². The molecule has 17 heavy (non-hydrogen) atoms. The fraction of sp³-hybridized carbons (Fsp3) is 0.333. The second kappa shape index (κ2) is 4.11. The molecule has 0 radical (unpaired) electrons. The van der Waals surface area contributed by atoms with E-state index in [4.69, 9.17) is 11.6 Å². The molecule has 1 aromatic rings. The van der Waals surface area contributed by atoms with Crippen molar-refractivity contribution in [2.75, 3.05) is 5.32 Å². The van der Waals surface area contributed by atoms with Gasteiger partial charge >= 0.3 is 0 Å². The summed E-state index contributed by atoms with van der Waals surface area (Å²) in [5.41, 5.74) is 1.04. The maximum atomic E-state index is 13.4. The van der Waals surface area contributed by atoms with Gasteiger partial charge in [0, 0.05) is 5.56 Å². The van der Waals surface area contributed by atoms with Crippen molar-refractivity contribution in [2.45, 2.75) is 25.1 Å². The largest absolute Gasteiger partial charge is 0.325 e. The normalized spacial score (nSPS) is 19.8. The zero-order valence-corrected chi connectivity index (χ0v) is 10.1. The molecule has 1 aromatic carbocycles. The number of fused-ring (bicyclic) bond motifs is 1. The number of alkyl halides is 1. The van der Waals surface area contributed by atoms with Gasteiger partial charge in [-0.25, -0.2) is 4.39 Å². The highest BCUT2D eigenvalue weighted by Crippen LogP contribution is 2.36. The molecule has 2 rings (SSSR count). The predicted molar refractivity (Wildman–Crippen MR) is 63.1 cm³/mol. The zero-order valence-electron chi connectivity index (χ0n) is 9.38. The third-order valence-electron chi connectivity index (χ3n) is 2.87. The Morgan fingerprint density at radius 1 is 1.53 bits per heavy atom. The van der Waals surface area contributed by atoms with Crippen molar-refractivity contribution in [1.29, 1.82) is 0 Å². The summed E-state index contributed by atoms with van der Waals surface area (Å²) in [6, 6.07) is 2.38. The van der Waals surface area contributed by atoms with Gasteiger partial charge in [-0.3, -0.25) is 9.59 Å². The first-order valence-corrected chi connectivity index (χ1v) is 5.68. The minimum absolute atomic E-state index is 0.139. The molecule has 0 saturated heterocycles. The summed E-state index contributed by atoms with van der Waals surface area (Å²) in [5.74, 6) is -1.61. The molecule has 1 N–H and O–H groups in total. The van der Waals surface area contributed by atoms with E-state index in [0.717, 1.165) is 6.07 Å². The zero-order chi connectivity index (χ0) is 12.7. The van der Waals surface area contributed by atoms with Crippen LogP contribution in [0.25, 0.3) is 0 Å². The van der Waals surface area contributed by atoms with Gasteiger partial charge in [-0.15, -0.1) is 11.6 Å². The van der Waals surface area contributed by atoms with E-state index in [0.29, 0.717) is 11.3 Å². The molecule has 2 atom stereocenters. The van der Waals surface area contributed by atoms with Crippen molar-refractivity contribution in [2.24, 2.45) is 0 Å². The number of halogens is 2. The van der Waals surface area contributed by atoms with Crippen molar-refractivity contribution in [3.05, 3.63) is 29.1 Å². The Kier molecular flexibility index (Phi) is 2.91. The molecule has 90 valence electrons. The van der Waals surface area contributed by atoms with Crippen LogP contribution in [0.15, 0.2) is 12.1 Å². The topological polar surface area (TPSA) is 46.2 Å². The summed E-state index contributed by atoms with van der Waals surface area (Å²) < 4.78 is 13.4. The van der Waals surface area contributed by atoms with Gasteiger partial charge in [-0.1, -0.05) is 0 Å². The van der Waals surface area contributed by atoms with Gasteiger partial charge in [0.25, 0.3) is 0 Å². The molecule has 0 bridgehead atoms. The monoisotopic (exact) mass is 255 g/mol. The number of carbonyl (C=O) groups is 2. The first kappa shape index (κ1) is 12.0. The number of hydrogen-bond donors (Lipinski definition) is 1. The number of benzene rings is 1. The van der Waals surface area contributed by atoms with E-state index < -0.39 is 22.9 Å². The maximum Gasteiger partial charge on any atom is 0.231 e. The van der Waals surface area contributed by atoms with Crippen LogP contribution in [0, 0.1) is 5.82 Å². The average molecular weight is 256 g/mol.